The molecule has 1 aromatic rings. The van der Waals surface area contributed by atoms with Gasteiger partial charge in [0, 0.05) is 18.3 Å². The zero-order chi connectivity index (χ0) is 14.3. The molecule has 3 aliphatic rings. The molecule has 0 saturated carbocycles. The molecule has 0 amide bonds. The van der Waals surface area contributed by atoms with Crippen LogP contribution in [0.3, 0.4) is 0 Å². The van der Waals surface area contributed by atoms with Crippen LogP contribution >= 0.6 is 0 Å². The van der Waals surface area contributed by atoms with Crippen molar-refractivity contribution in [3.63, 3.8) is 0 Å². The van der Waals surface area contributed by atoms with Crippen LogP contribution in [0.1, 0.15) is 18.4 Å². The Balaban J connectivity index is 1.84. The molecule has 3 heterocycles. The van der Waals surface area contributed by atoms with Crippen molar-refractivity contribution in [2.24, 2.45) is 5.92 Å². The number of benzene rings is 1. The zero-order valence-corrected chi connectivity index (χ0v) is 12.5. The minimum absolute atomic E-state index is 0.0309. The second kappa shape index (κ2) is 5.02. The Labute approximate surface area is 120 Å². The summed E-state index contributed by atoms with van der Waals surface area (Å²) in [6.45, 7) is 4.77. The number of sulfonamides is 1. The molecule has 3 fully saturated rings. The van der Waals surface area contributed by atoms with E-state index in [-0.39, 0.29) is 6.04 Å². The van der Waals surface area contributed by atoms with E-state index in [4.69, 9.17) is 5.73 Å². The second-order valence-electron chi connectivity index (χ2n) is 5.84. The molecule has 0 spiro atoms. The van der Waals surface area contributed by atoms with Gasteiger partial charge in [0.05, 0.1) is 4.90 Å². The van der Waals surface area contributed by atoms with E-state index in [9.17, 15) is 8.42 Å². The van der Waals surface area contributed by atoms with E-state index in [2.05, 4.69) is 9.62 Å². The summed E-state index contributed by atoms with van der Waals surface area (Å²) in [6.07, 6.45) is 2.17. The highest BCUT2D eigenvalue weighted by atomic mass is 32.2. The summed E-state index contributed by atoms with van der Waals surface area (Å²) in [5, 5.41) is 0. The lowest BCUT2D eigenvalue weighted by Gasteiger charge is -2.44. The van der Waals surface area contributed by atoms with Gasteiger partial charge < -0.3 is 10.6 Å². The molecule has 5 nitrogen and oxygen atoms in total. The van der Waals surface area contributed by atoms with Gasteiger partial charge in [0.1, 0.15) is 0 Å². The Morgan fingerprint density at radius 3 is 2.60 bits per heavy atom. The van der Waals surface area contributed by atoms with Crippen LogP contribution < -0.4 is 10.5 Å². The predicted octanol–water partition coefficient (Wildman–Crippen LogP) is 0.950. The van der Waals surface area contributed by atoms with Gasteiger partial charge in [0.2, 0.25) is 10.0 Å². The van der Waals surface area contributed by atoms with Gasteiger partial charge in [-0.2, -0.15) is 0 Å². The number of anilines is 1. The average molecular weight is 295 g/mol. The Morgan fingerprint density at radius 1 is 1.30 bits per heavy atom. The number of rotatable bonds is 3. The summed E-state index contributed by atoms with van der Waals surface area (Å²) in [4.78, 5) is 2.63. The molecular formula is C14H21N3O2S. The molecule has 6 heteroatoms. The molecule has 1 aromatic carbocycles. The van der Waals surface area contributed by atoms with Gasteiger partial charge in [-0.3, -0.25) is 0 Å². The van der Waals surface area contributed by atoms with E-state index in [0.29, 0.717) is 22.1 Å². The van der Waals surface area contributed by atoms with E-state index >= 15 is 0 Å². The number of nitrogens with zero attached hydrogens (tertiary/aromatic N) is 1. The first-order valence-corrected chi connectivity index (χ1v) is 8.55. The second-order valence-corrected chi connectivity index (χ2v) is 7.52. The topological polar surface area (TPSA) is 75.4 Å². The molecule has 0 aliphatic carbocycles. The van der Waals surface area contributed by atoms with Crippen molar-refractivity contribution < 1.29 is 8.42 Å². The number of nitrogens with two attached hydrogens (primary N) is 1. The molecule has 0 radical (unpaired) electrons. The normalized spacial score (nSPS) is 29.6. The quantitative estimate of drug-likeness (QED) is 0.814. The molecule has 20 heavy (non-hydrogen) atoms. The van der Waals surface area contributed by atoms with Crippen molar-refractivity contribution in [3.05, 3.63) is 23.8 Å². The van der Waals surface area contributed by atoms with Gasteiger partial charge in [-0.25, -0.2) is 13.1 Å². The van der Waals surface area contributed by atoms with Crippen LogP contribution in [0.5, 0.6) is 0 Å². The molecule has 1 atom stereocenters. The Hall–Kier alpha value is -1.11. The van der Waals surface area contributed by atoms with Crippen LogP contribution in [0.2, 0.25) is 0 Å². The number of nitrogens with one attached hydrogen (secondary N) is 1. The summed E-state index contributed by atoms with van der Waals surface area (Å²) in [5.74, 6) is 0.469. The maximum absolute atomic E-state index is 12.6. The maximum Gasteiger partial charge on any atom is 0.241 e. The summed E-state index contributed by atoms with van der Waals surface area (Å²) in [7, 11) is -3.49. The number of fused-ring (bicyclic) bond motifs is 3. The van der Waals surface area contributed by atoms with Crippen LogP contribution in [0.4, 0.5) is 5.69 Å². The fourth-order valence-corrected chi connectivity index (χ4v) is 4.86. The van der Waals surface area contributed by atoms with Crippen molar-refractivity contribution in [1.82, 2.24) is 9.62 Å². The number of nitrogen functional groups attached to an aromatic ring is 1. The van der Waals surface area contributed by atoms with Gasteiger partial charge in [-0.15, -0.1) is 0 Å². The van der Waals surface area contributed by atoms with Crippen LogP contribution in [0, 0.1) is 12.8 Å². The molecule has 3 aliphatic heterocycles. The smallest absolute Gasteiger partial charge is 0.241 e. The molecule has 1 unspecified atom stereocenters. The molecule has 110 valence electrons. The Kier molecular flexibility index (Phi) is 3.48. The standard InChI is InChI=1S/C14H21N3O2S/c1-10-12(15)3-2-4-14(10)20(18,19)16-13-9-17-7-5-11(13)6-8-17/h2-4,11,13,16H,5-9,15H2,1H3. The lowest BCUT2D eigenvalue weighted by molar-refractivity contribution is 0.0827. The van der Waals surface area contributed by atoms with Crippen molar-refractivity contribution in [1.29, 1.82) is 0 Å². The summed E-state index contributed by atoms with van der Waals surface area (Å²) in [5.41, 5.74) is 6.95. The molecule has 2 bridgehead atoms. The molecule has 3 N–H and O–H groups in total. The first kappa shape index (κ1) is 13.9. The first-order chi connectivity index (χ1) is 9.47. The minimum atomic E-state index is -3.49. The fraction of sp³-hybridized carbons (Fsp3) is 0.571. The lowest BCUT2D eigenvalue weighted by atomic mass is 9.85. The number of hydrogen-bond donors (Lipinski definition) is 2. The van der Waals surface area contributed by atoms with Crippen LogP contribution in [-0.4, -0.2) is 39.0 Å². The third-order valence-electron chi connectivity index (χ3n) is 4.58. The lowest BCUT2D eigenvalue weighted by Crippen LogP contribution is -2.57. The predicted molar refractivity (Wildman–Crippen MR) is 78.9 cm³/mol. The maximum atomic E-state index is 12.6. The highest BCUT2D eigenvalue weighted by Gasteiger charge is 2.36. The third kappa shape index (κ3) is 2.43. The molecule has 0 aromatic heterocycles. The van der Waals surface area contributed by atoms with E-state index in [1.807, 2.05) is 0 Å². The van der Waals surface area contributed by atoms with Gasteiger partial charge in [-0.05, 0) is 56.5 Å². The summed E-state index contributed by atoms with van der Waals surface area (Å²) < 4.78 is 28.0. The summed E-state index contributed by atoms with van der Waals surface area (Å²) in [6, 6.07) is 5.06. The number of piperidine rings is 3. The third-order valence-corrected chi connectivity index (χ3v) is 6.21. The van der Waals surface area contributed by atoms with Crippen molar-refractivity contribution in [2.75, 3.05) is 25.4 Å². The Morgan fingerprint density at radius 2 is 2.00 bits per heavy atom. The fourth-order valence-electron chi connectivity index (χ4n) is 3.28. The van der Waals surface area contributed by atoms with E-state index in [0.717, 1.165) is 32.5 Å². The largest absolute Gasteiger partial charge is 0.398 e. The van der Waals surface area contributed by atoms with Crippen molar-refractivity contribution >= 4 is 15.7 Å². The van der Waals surface area contributed by atoms with E-state index < -0.39 is 10.0 Å². The minimum Gasteiger partial charge on any atom is -0.398 e. The van der Waals surface area contributed by atoms with Crippen LogP contribution in [0.15, 0.2) is 23.1 Å². The van der Waals surface area contributed by atoms with Gasteiger partial charge in [-0.1, -0.05) is 6.07 Å². The Bertz CT molecular complexity index is 607. The van der Waals surface area contributed by atoms with E-state index in [1.165, 1.54) is 0 Å². The molecular weight excluding hydrogens is 274 g/mol. The monoisotopic (exact) mass is 295 g/mol. The molecule has 4 rings (SSSR count). The van der Waals surface area contributed by atoms with Crippen LogP contribution in [0.25, 0.3) is 0 Å². The van der Waals surface area contributed by atoms with E-state index in [1.54, 1.807) is 25.1 Å². The number of hydrogen-bond acceptors (Lipinski definition) is 4. The average Bonchev–Trinajstić information content (AvgIpc) is 2.42. The summed E-state index contributed by atoms with van der Waals surface area (Å²) >= 11 is 0. The van der Waals surface area contributed by atoms with Gasteiger partial charge >= 0.3 is 0 Å². The van der Waals surface area contributed by atoms with Gasteiger partial charge in [0.25, 0.3) is 0 Å². The highest BCUT2D eigenvalue weighted by Crippen LogP contribution is 2.29. The SMILES string of the molecule is Cc1c(N)cccc1S(=O)(=O)NC1CN2CCC1CC2. The van der Waals surface area contributed by atoms with Crippen LogP contribution in [-0.2, 0) is 10.0 Å². The molecule has 3 saturated heterocycles. The van der Waals surface area contributed by atoms with Crippen molar-refractivity contribution in [3.8, 4) is 0 Å². The first-order valence-electron chi connectivity index (χ1n) is 7.07. The van der Waals surface area contributed by atoms with Gasteiger partial charge in [0.15, 0.2) is 0 Å². The zero-order valence-electron chi connectivity index (χ0n) is 11.7. The highest BCUT2D eigenvalue weighted by molar-refractivity contribution is 7.89. The van der Waals surface area contributed by atoms with Crippen molar-refractivity contribution in [2.45, 2.75) is 30.7 Å².